The van der Waals surface area contributed by atoms with Crippen molar-refractivity contribution in [2.45, 2.75) is 57.0 Å². The molecule has 2 saturated heterocycles. The van der Waals surface area contributed by atoms with E-state index in [-0.39, 0.29) is 22.8 Å². The molecule has 4 rings (SSSR count). The highest BCUT2D eigenvalue weighted by atomic mass is 32.2. The number of hydrogen-bond acceptors (Lipinski definition) is 6. The molecule has 0 spiro atoms. The van der Waals surface area contributed by atoms with Crippen molar-refractivity contribution in [1.29, 1.82) is 0 Å². The van der Waals surface area contributed by atoms with Crippen molar-refractivity contribution in [3.05, 3.63) is 47.3 Å². The molecule has 2 atom stereocenters. The van der Waals surface area contributed by atoms with Gasteiger partial charge in [0.2, 0.25) is 15.9 Å². The summed E-state index contributed by atoms with van der Waals surface area (Å²) in [6.45, 7) is 7.88. The number of sulfonamides is 1. The Hall–Kier alpha value is -2.23. The van der Waals surface area contributed by atoms with Gasteiger partial charge in [0.1, 0.15) is 10.6 Å². The first-order chi connectivity index (χ1) is 15.3. The van der Waals surface area contributed by atoms with E-state index in [4.69, 9.17) is 4.52 Å². The zero-order valence-electron chi connectivity index (χ0n) is 19.0. The number of nitrogens with zero attached hydrogens (tertiary/aromatic N) is 3. The first kappa shape index (κ1) is 22.9. The van der Waals surface area contributed by atoms with Crippen molar-refractivity contribution >= 4 is 15.9 Å². The first-order valence-corrected chi connectivity index (χ1v) is 12.7. The first-order valence-electron chi connectivity index (χ1n) is 11.3. The average Bonchev–Trinajstić information content (AvgIpc) is 3.40. The van der Waals surface area contributed by atoms with Gasteiger partial charge >= 0.3 is 0 Å². The molecular weight excluding hydrogens is 428 g/mol. The van der Waals surface area contributed by atoms with Crippen LogP contribution in [0.4, 0.5) is 0 Å². The Kier molecular flexibility index (Phi) is 6.69. The molecule has 8 nitrogen and oxygen atoms in total. The summed E-state index contributed by atoms with van der Waals surface area (Å²) in [5.41, 5.74) is 1.66. The molecule has 1 aromatic heterocycles. The van der Waals surface area contributed by atoms with Crippen molar-refractivity contribution in [1.82, 2.24) is 19.7 Å². The minimum absolute atomic E-state index is 0.0404. The van der Waals surface area contributed by atoms with Crippen molar-refractivity contribution < 1.29 is 17.7 Å². The van der Waals surface area contributed by atoms with Crippen LogP contribution < -0.4 is 5.32 Å². The second-order valence-electron chi connectivity index (χ2n) is 8.91. The lowest BCUT2D eigenvalue weighted by Crippen LogP contribution is -2.46. The van der Waals surface area contributed by atoms with Crippen LogP contribution in [0.15, 0.2) is 39.8 Å². The molecule has 2 aliphatic rings. The van der Waals surface area contributed by atoms with Gasteiger partial charge in [0.25, 0.3) is 0 Å². The van der Waals surface area contributed by atoms with Crippen LogP contribution in [-0.4, -0.2) is 60.9 Å². The van der Waals surface area contributed by atoms with E-state index < -0.39 is 10.0 Å². The molecule has 174 valence electrons. The zero-order valence-corrected chi connectivity index (χ0v) is 19.8. The van der Waals surface area contributed by atoms with Crippen LogP contribution >= 0.6 is 0 Å². The van der Waals surface area contributed by atoms with E-state index in [1.807, 2.05) is 6.07 Å². The number of hydrogen-bond donors (Lipinski definition) is 1. The maximum atomic E-state index is 13.0. The van der Waals surface area contributed by atoms with E-state index in [0.29, 0.717) is 43.4 Å². The SMILES string of the molecule is Cc1noc(C)c1S(=O)(=O)N1CCC(C(=O)N[C@H]2CCN([C@@H](C)c3ccccc3)C2)CC1. The lowest BCUT2D eigenvalue weighted by atomic mass is 9.97. The minimum Gasteiger partial charge on any atom is -0.360 e. The second-order valence-corrected chi connectivity index (χ2v) is 10.8. The van der Waals surface area contributed by atoms with Crippen molar-refractivity contribution in [3.8, 4) is 0 Å². The maximum Gasteiger partial charge on any atom is 0.248 e. The number of aromatic nitrogens is 1. The van der Waals surface area contributed by atoms with Gasteiger partial charge < -0.3 is 9.84 Å². The van der Waals surface area contributed by atoms with Crippen LogP contribution in [0.2, 0.25) is 0 Å². The predicted octanol–water partition coefficient (Wildman–Crippen LogP) is 2.64. The third kappa shape index (κ3) is 4.60. The quantitative estimate of drug-likeness (QED) is 0.712. The van der Waals surface area contributed by atoms with Crippen LogP contribution in [0.25, 0.3) is 0 Å². The highest BCUT2D eigenvalue weighted by molar-refractivity contribution is 7.89. The standard InChI is InChI=1S/C23H32N4O4S/c1-16-22(18(3)31-25-16)32(29,30)27-13-9-20(10-14-27)23(28)24-21-11-12-26(15-21)17(2)19-7-5-4-6-8-19/h4-8,17,20-21H,9-15H2,1-3H3,(H,24,28)/t17-,21-/m0/s1. The smallest absolute Gasteiger partial charge is 0.248 e. The molecule has 1 N–H and O–H groups in total. The van der Waals surface area contributed by atoms with Gasteiger partial charge in [0, 0.05) is 44.2 Å². The van der Waals surface area contributed by atoms with Crippen molar-refractivity contribution in [2.75, 3.05) is 26.2 Å². The van der Waals surface area contributed by atoms with Gasteiger partial charge in [0.05, 0.1) is 0 Å². The van der Waals surface area contributed by atoms with Crippen LogP contribution in [0, 0.1) is 19.8 Å². The van der Waals surface area contributed by atoms with E-state index in [1.165, 1.54) is 9.87 Å². The van der Waals surface area contributed by atoms with E-state index >= 15 is 0 Å². The third-order valence-corrected chi connectivity index (χ3v) is 8.93. The Morgan fingerprint density at radius 3 is 2.44 bits per heavy atom. The number of likely N-dealkylation sites (tertiary alicyclic amines) is 1. The van der Waals surface area contributed by atoms with Gasteiger partial charge in [-0.25, -0.2) is 8.42 Å². The normalized spacial score (nSPS) is 22.2. The lowest BCUT2D eigenvalue weighted by Gasteiger charge is -2.31. The Morgan fingerprint density at radius 1 is 1.12 bits per heavy atom. The Balaban J connectivity index is 1.29. The van der Waals surface area contributed by atoms with E-state index in [0.717, 1.165) is 19.5 Å². The van der Waals surface area contributed by atoms with Gasteiger partial charge in [-0.15, -0.1) is 0 Å². The largest absolute Gasteiger partial charge is 0.360 e. The second kappa shape index (κ2) is 9.33. The third-order valence-electron chi connectivity index (χ3n) is 6.79. The molecule has 0 bridgehead atoms. The summed E-state index contributed by atoms with van der Waals surface area (Å²) >= 11 is 0. The Labute approximate surface area is 190 Å². The predicted molar refractivity (Wildman–Crippen MR) is 120 cm³/mol. The highest BCUT2D eigenvalue weighted by Gasteiger charge is 2.36. The van der Waals surface area contributed by atoms with Crippen LogP contribution in [0.5, 0.6) is 0 Å². The fraction of sp³-hybridized carbons (Fsp3) is 0.565. The van der Waals surface area contributed by atoms with Crippen molar-refractivity contribution in [3.63, 3.8) is 0 Å². The minimum atomic E-state index is -3.66. The highest BCUT2D eigenvalue weighted by Crippen LogP contribution is 2.28. The molecule has 0 saturated carbocycles. The molecule has 2 aromatic rings. The van der Waals surface area contributed by atoms with Gasteiger partial charge in [-0.2, -0.15) is 4.31 Å². The fourth-order valence-corrected chi connectivity index (χ4v) is 6.61. The molecule has 2 aliphatic heterocycles. The summed E-state index contributed by atoms with van der Waals surface area (Å²) in [6, 6.07) is 10.9. The summed E-state index contributed by atoms with van der Waals surface area (Å²) in [6.07, 6.45) is 1.97. The number of benzene rings is 1. The van der Waals surface area contributed by atoms with Gasteiger partial charge in [-0.3, -0.25) is 9.69 Å². The van der Waals surface area contributed by atoms with Crippen LogP contribution in [0.3, 0.4) is 0 Å². The number of nitrogens with one attached hydrogen (secondary N) is 1. The molecule has 0 radical (unpaired) electrons. The molecule has 0 unspecified atom stereocenters. The molecule has 1 amide bonds. The number of amides is 1. The Morgan fingerprint density at radius 2 is 1.81 bits per heavy atom. The molecule has 2 fully saturated rings. The molecule has 32 heavy (non-hydrogen) atoms. The van der Waals surface area contributed by atoms with E-state index in [2.05, 4.69) is 46.6 Å². The molecular formula is C23H32N4O4S. The fourth-order valence-electron chi connectivity index (χ4n) is 4.85. The number of carbonyl (C=O) groups excluding carboxylic acids is 1. The molecule has 1 aromatic carbocycles. The van der Waals surface area contributed by atoms with Crippen LogP contribution in [0.1, 0.15) is 49.2 Å². The Bertz CT molecular complexity index is 1030. The average molecular weight is 461 g/mol. The van der Waals surface area contributed by atoms with E-state index in [1.54, 1.807) is 13.8 Å². The van der Waals surface area contributed by atoms with Gasteiger partial charge in [0.15, 0.2) is 5.76 Å². The van der Waals surface area contributed by atoms with Crippen LogP contribution in [-0.2, 0) is 14.8 Å². The number of rotatable bonds is 6. The molecule has 9 heteroatoms. The topological polar surface area (TPSA) is 95.8 Å². The maximum absolute atomic E-state index is 13.0. The van der Waals surface area contributed by atoms with E-state index in [9.17, 15) is 13.2 Å². The summed E-state index contributed by atoms with van der Waals surface area (Å²) in [7, 11) is -3.66. The summed E-state index contributed by atoms with van der Waals surface area (Å²) < 4.78 is 32.4. The summed E-state index contributed by atoms with van der Waals surface area (Å²) in [4.78, 5) is 15.4. The monoisotopic (exact) mass is 460 g/mol. The number of piperidine rings is 1. The summed E-state index contributed by atoms with van der Waals surface area (Å²) in [5, 5.41) is 6.98. The lowest BCUT2D eigenvalue weighted by molar-refractivity contribution is -0.126. The summed E-state index contributed by atoms with van der Waals surface area (Å²) in [5.74, 6) is 0.184. The molecule has 3 heterocycles. The number of carbonyl (C=O) groups is 1. The molecule has 0 aliphatic carbocycles. The van der Waals surface area contributed by atoms with Gasteiger partial charge in [-0.1, -0.05) is 35.5 Å². The van der Waals surface area contributed by atoms with Gasteiger partial charge in [-0.05, 0) is 45.6 Å². The zero-order chi connectivity index (χ0) is 22.9. The number of aryl methyl sites for hydroxylation is 2. The van der Waals surface area contributed by atoms with Crippen molar-refractivity contribution in [2.24, 2.45) is 5.92 Å².